The largest absolute Gasteiger partial charge is 0.207 e. The Bertz CT molecular complexity index is 1590. The topological polar surface area (TPSA) is 0 Å². The average Bonchev–Trinajstić information content (AvgIpc) is 3.22. The maximum Gasteiger partial charge on any atom is 0.123 e. The molecule has 0 saturated heterocycles. The summed E-state index contributed by atoms with van der Waals surface area (Å²) >= 11 is 0. The number of halogens is 1. The second kappa shape index (κ2) is 8.15. The molecular weight excluding hydrogens is 463 g/mol. The molecule has 0 aromatic heterocycles. The molecule has 1 heteroatoms. The van der Waals surface area contributed by atoms with Gasteiger partial charge in [0, 0.05) is 10.8 Å². The summed E-state index contributed by atoms with van der Waals surface area (Å²) in [6, 6.07) is 26.3. The van der Waals surface area contributed by atoms with Crippen molar-refractivity contribution >= 4 is 0 Å². The van der Waals surface area contributed by atoms with Crippen LogP contribution in [-0.4, -0.2) is 0 Å². The van der Waals surface area contributed by atoms with E-state index in [9.17, 15) is 4.39 Å². The first-order valence-electron chi connectivity index (χ1n) is 14.0. The van der Waals surface area contributed by atoms with E-state index in [2.05, 4.69) is 110 Å². The van der Waals surface area contributed by atoms with Gasteiger partial charge in [-0.3, -0.25) is 0 Å². The Kier molecular flexibility index (Phi) is 5.39. The van der Waals surface area contributed by atoms with Crippen molar-refractivity contribution in [3.63, 3.8) is 0 Å². The van der Waals surface area contributed by atoms with Crippen LogP contribution in [0.3, 0.4) is 0 Å². The molecule has 38 heavy (non-hydrogen) atoms. The van der Waals surface area contributed by atoms with Crippen LogP contribution in [0.15, 0.2) is 72.8 Å². The van der Waals surface area contributed by atoms with Crippen molar-refractivity contribution in [3.8, 4) is 22.3 Å². The van der Waals surface area contributed by atoms with Gasteiger partial charge in [-0.05, 0) is 91.1 Å². The smallest absolute Gasteiger partial charge is 0.123 e. The standard InChI is InChI=1S/C37H39F/c1-22(24-10-15-31-29(19-24)30-21-26(38)12-16-32(30)36(31,5)6)17-23-9-13-27-28-14-11-25(35(2,3)4)20-34(28)37(7,8)33(27)18-23/h9-16,18-22H,17H2,1-8H3. The van der Waals surface area contributed by atoms with E-state index >= 15 is 0 Å². The van der Waals surface area contributed by atoms with Gasteiger partial charge in [0.05, 0.1) is 0 Å². The Labute approximate surface area is 228 Å². The zero-order chi connectivity index (χ0) is 27.2. The van der Waals surface area contributed by atoms with Crippen LogP contribution >= 0.6 is 0 Å². The van der Waals surface area contributed by atoms with E-state index in [-0.39, 0.29) is 22.1 Å². The molecule has 1 unspecified atom stereocenters. The summed E-state index contributed by atoms with van der Waals surface area (Å²) in [6.07, 6.45) is 0.977. The van der Waals surface area contributed by atoms with E-state index in [1.165, 1.54) is 55.6 Å². The molecule has 4 aromatic rings. The molecule has 194 valence electrons. The molecule has 0 fully saturated rings. The zero-order valence-corrected chi connectivity index (χ0v) is 24.1. The van der Waals surface area contributed by atoms with Crippen LogP contribution in [0.4, 0.5) is 4.39 Å². The lowest BCUT2D eigenvalue weighted by Gasteiger charge is -2.25. The summed E-state index contributed by atoms with van der Waals surface area (Å²) in [6.45, 7) is 18.4. The highest BCUT2D eigenvalue weighted by Gasteiger charge is 2.37. The van der Waals surface area contributed by atoms with Gasteiger partial charge < -0.3 is 0 Å². The van der Waals surface area contributed by atoms with Crippen molar-refractivity contribution in [2.45, 2.75) is 84.0 Å². The Morgan fingerprint density at radius 1 is 0.632 bits per heavy atom. The Morgan fingerprint density at radius 3 is 1.89 bits per heavy atom. The van der Waals surface area contributed by atoms with Gasteiger partial charge in [-0.15, -0.1) is 0 Å². The van der Waals surface area contributed by atoms with E-state index in [1.807, 2.05) is 6.07 Å². The quantitative estimate of drug-likeness (QED) is 0.261. The average molecular weight is 503 g/mol. The fourth-order valence-electron chi connectivity index (χ4n) is 6.92. The maximum atomic E-state index is 14.2. The zero-order valence-electron chi connectivity index (χ0n) is 24.1. The molecule has 6 rings (SSSR count). The molecule has 0 N–H and O–H groups in total. The summed E-state index contributed by atoms with van der Waals surface area (Å²) in [7, 11) is 0. The molecule has 4 aromatic carbocycles. The van der Waals surface area contributed by atoms with Crippen molar-refractivity contribution in [3.05, 3.63) is 118 Å². The van der Waals surface area contributed by atoms with Crippen LogP contribution < -0.4 is 0 Å². The number of hydrogen-bond acceptors (Lipinski definition) is 0. The molecule has 2 aliphatic carbocycles. The molecule has 0 radical (unpaired) electrons. The minimum atomic E-state index is -0.165. The first-order valence-corrected chi connectivity index (χ1v) is 14.0. The highest BCUT2D eigenvalue weighted by Crippen LogP contribution is 2.51. The predicted molar refractivity (Wildman–Crippen MR) is 159 cm³/mol. The highest BCUT2D eigenvalue weighted by atomic mass is 19.1. The minimum Gasteiger partial charge on any atom is -0.207 e. The molecule has 0 bridgehead atoms. The molecule has 1 atom stereocenters. The third kappa shape index (κ3) is 3.69. The Morgan fingerprint density at radius 2 is 1.21 bits per heavy atom. The third-order valence-corrected chi connectivity index (χ3v) is 9.38. The molecule has 0 saturated carbocycles. The molecule has 0 heterocycles. The maximum absolute atomic E-state index is 14.2. The van der Waals surface area contributed by atoms with Crippen LogP contribution in [0.2, 0.25) is 0 Å². The number of rotatable bonds is 3. The third-order valence-electron chi connectivity index (χ3n) is 9.38. The van der Waals surface area contributed by atoms with Crippen molar-refractivity contribution in [2.75, 3.05) is 0 Å². The summed E-state index contributed by atoms with van der Waals surface area (Å²) in [5.41, 5.74) is 14.5. The summed E-state index contributed by atoms with van der Waals surface area (Å²) in [5, 5.41) is 0. The van der Waals surface area contributed by atoms with Crippen LogP contribution in [0.5, 0.6) is 0 Å². The van der Waals surface area contributed by atoms with Gasteiger partial charge in [-0.1, -0.05) is 116 Å². The van der Waals surface area contributed by atoms with Gasteiger partial charge in [-0.2, -0.15) is 0 Å². The molecule has 0 amide bonds. The highest BCUT2D eigenvalue weighted by molar-refractivity contribution is 5.82. The van der Waals surface area contributed by atoms with E-state index in [0.717, 1.165) is 12.0 Å². The Balaban J connectivity index is 1.32. The molecule has 0 aliphatic heterocycles. The summed E-state index contributed by atoms with van der Waals surface area (Å²) in [5.74, 6) is 0.195. The molecule has 0 spiro atoms. The van der Waals surface area contributed by atoms with E-state index < -0.39 is 0 Å². The monoisotopic (exact) mass is 502 g/mol. The summed E-state index contributed by atoms with van der Waals surface area (Å²) < 4.78 is 14.2. The number of fused-ring (bicyclic) bond motifs is 6. The van der Waals surface area contributed by atoms with E-state index in [4.69, 9.17) is 0 Å². The van der Waals surface area contributed by atoms with Crippen molar-refractivity contribution in [2.24, 2.45) is 0 Å². The number of benzene rings is 4. The van der Waals surface area contributed by atoms with Crippen molar-refractivity contribution in [1.82, 2.24) is 0 Å². The van der Waals surface area contributed by atoms with Crippen molar-refractivity contribution < 1.29 is 4.39 Å². The predicted octanol–water partition coefficient (Wildman–Crippen LogP) is 10.1. The van der Waals surface area contributed by atoms with Gasteiger partial charge in [0.25, 0.3) is 0 Å². The normalized spacial score (nSPS) is 17.0. The fraction of sp³-hybridized carbons (Fsp3) is 0.351. The molecule has 0 nitrogen and oxygen atoms in total. The SMILES string of the molecule is CC(Cc1ccc2c(c1)C(C)(C)c1cc(C(C)(C)C)ccc1-2)c1ccc2c(c1)-c1cc(F)ccc1C2(C)C. The number of hydrogen-bond donors (Lipinski definition) is 0. The van der Waals surface area contributed by atoms with Gasteiger partial charge in [-0.25, -0.2) is 4.39 Å². The lowest BCUT2D eigenvalue weighted by atomic mass is 9.78. The molecule has 2 aliphatic rings. The van der Waals surface area contributed by atoms with Crippen molar-refractivity contribution in [1.29, 1.82) is 0 Å². The second-order valence-electron chi connectivity index (χ2n) is 13.7. The van der Waals surface area contributed by atoms with Gasteiger partial charge in [0.15, 0.2) is 0 Å². The van der Waals surface area contributed by atoms with Crippen LogP contribution in [0.1, 0.15) is 100 Å². The Hall–Kier alpha value is -3.19. The second-order valence-corrected chi connectivity index (χ2v) is 13.7. The van der Waals surface area contributed by atoms with Gasteiger partial charge in [0.2, 0.25) is 0 Å². The first-order chi connectivity index (χ1) is 17.8. The molecular formula is C37H39F. The van der Waals surface area contributed by atoms with Crippen LogP contribution in [-0.2, 0) is 22.7 Å². The lowest BCUT2D eigenvalue weighted by molar-refractivity contribution is 0.584. The van der Waals surface area contributed by atoms with E-state index in [0.29, 0.717) is 5.92 Å². The van der Waals surface area contributed by atoms with Crippen LogP contribution in [0, 0.1) is 5.82 Å². The minimum absolute atomic E-state index is 0.0158. The van der Waals surface area contributed by atoms with E-state index in [1.54, 1.807) is 12.1 Å². The van der Waals surface area contributed by atoms with Crippen LogP contribution in [0.25, 0.3) is 22.3 Å². The summed E-state index contributed by atoms with van der Waals surface area (Å²) in [4.78, 5) is 0. The fourth-order valence-corrected chi connectivity index (χ4v) is 6.92. The lowest BCUT2D eigenvalue weighted by Crippen LogP contribution is -2.18. The van der Waals surface area contributed by atoms with Gasteiger partial charge >= 0.3 is 0 Å². The van der Waals surface area contributed by atoms with Gasteiger partial charge in [0.1, 0.15) is 5.82 Å². The first kappa shape index (κ1) is 25.1.